The normalized spacial score (nSPS) is 16.5. The Labute approximate surface area is 65.4 Å². The smallest absolute Gasteiger partial charge is 0.0567 e. The van der Waals surface area contributed by atoms with Crippen molar-refractivity contribution < 1.29 is 0 Å². The molecule has 0 saturated heterocycles. The summed E-state index contributed by atoms with van der Waals surface area (Å²) in [6, 6.07) is 0. The van der Waals surface area contributed by atoms with Gasteiger partial charge < -0.3 is 11.1 Å². The van der Waals surface area contributed by atoms with Crippen LogP contribution < -0.4 is 11.1 Å². The van der Waals surface area contributed by atoms with E-state index >= 15 is 0 Å². The minimum absolute atomic E-state index is 0.594. The molecular formula is C7H12N4. The van der Waals surface area contributed by atoms with Gasteiger partial charge in [0.2, 0.25) is 0 Å². The summed E-state index contributed by atoms with van der Waals surface area (Å²) in [5.74, 6) is 0. The molecule has 0 bridgehead atoms. The number of nitrogens with two attached hydrogens (primary N) is 1. The zero-order valence-corrected chi connectivity index (χ0v) is 6.38. The SMILES string of the molecule is NCc1cnn2c1CNCC2. The average Bonchev–Trinajstić information content (AvgIpc) is 2.47. The van der Waals surface area contributed by atoms with Crippen molar-refractivity contribution in [3.63, 3.8) is 0 Å². The molecule has 4 heteroatoms. The average molecular weight is 152 g/mol. The third kappa shape index (κ3) is 1.04. The van der Waals surface area contributed by atoms with E-state index in [0.717, 1.165) is 25.2 Å². The number of hydrogen-bond acceptors (Lipinski definition) is 3. The van der Waals surface area contributed by atoms with Gasteiger partial charge in [0.1, 0.15) is 0 Å². The molecule has 1 aromatic rings. The van der Waals surface area contributed by atoms with Crippen LogP contribution >= 0.6 is 0 Å². The second kappa shape index (κ2) is 2.64. The van der Waals surface area contributed by atoms with Crippen LogP contribution in [0.1, 0.15) is 11.3 Å². The van der Waals surface area contributed by atoms with Gasteiger partial charge in [0.05, 0.1) is 18.4 Å². The van der Waals surface area contributed by atoms with E-state index in [9.17, 15) is 0 Å². The third-order valence-corrected chi connectivity index (χ3v) is 2.05. The molecule has 11 heavy (non-hydrogen) atoms. The Morgan fingerprint density at radius 1 is 1.73 bits per heavy atom. The van der Waals surface area contributed by atoms with Crippen LogP contribution in [0.3, 0.4) is 0 Å². The third-order valence-electron chi connectivity index (χ3n) is 2.05. The number of nitrogens with one attached hydrogen (secondary N) is 1. The molecule has 0 atom stereocenters. The Kier molecular flexibility index (Phi) is 1.63. The lowest BCUT2D eigenvalue weighted by Gasteiger charge is -2.15. The number of aromatic nitrogens is 2. The van der Waals surface area contributed by atoms with Crippen LogP contribution in [0.4, 0.5) is 0 Å². The van der Waals surface area contributed by atoms with Crippen LogP contribution in [0, 0.1) is 0 Å². The van der Waals surface area contributed by atoms with Gasteiger partial charge in [0, 0.05) is 25.2 Å². The minimum Gasteiger partial charge on any atom is -0.326 e. The van der Waals surface area contributed by atoms with Gasteiger partial charge in [0.25, 0.3) is 0 Å². The number of rotatable bonds is 1. The maximum absolute atomic E-state index is 5.54. The van der Waals surface area contributed by atoms with Crippen LogP contribution in [-0.4, -0.2) is 16.3 Å². The molecule has 60 valence electrons. The van der Waals surface area contributed by atoms with Gasteiger partial charge in [-0.05, 0) is 0 Å². The summed E-state index contributed by atoms with van der Waals surface area (Å²) in [7, 11) is 0. The van der Waals surface area contributed by atoms with Crippen molar-refractivity contribution in [2.75, 3.05) is 6.54 Å². The topological polar surface area (TPSA) is 55.9 Å². The molecule has 2 heterocycles. The highest BCUT2D eigenvalue weighted by Crippen LogP contribution is 2.09. The second-order valence-corrected chi connectivity index (χ2v) is 2.72. The molecule has 1 aliphatic rings. The summed E-state index contributed by atoms with van der Waals surface area (Å²) >= 11 is 0. The fourth-order valence-electron chi connectivity index (χ4n) is 1.41. The van der Waals surface area contributed by atoms with Gasteiger partial charge in [-0.3, -0.25) is 4.68 Å². The predicted octanol–water partition coefficient (Wildman–Crippen LogP) is -0.555. The fraction of sp³-hybridized carbons (Fsp3) is 0.571. The van der Waals surface area contributed by atoms with E-state index in [2.05, 4.69) is 10.4 Å². The molecule has 0 fully saturated rings. The molecular weight excluding hydrogens is 140 g/mol. The highest BCUT2D eigenvalue weighted by Gasteiger charge is 2.12. The Hall–Kier alpha value is -0.870. The maximum atomic E-state index is 5.54. The lowest BCUT2D eigenvalue weighted by atomic mass is 10.2. The van der Waals surface area contributed by atoms with Crippen molar-refractivity contribution in [1.29, 1.82) is 0 Å². The largest absolute Gasteiger partial charge is 0.326 e. The van der Waals surface area contributed by atoms with Crippen LogP contribution in [-0.2, 0) is 19.6 Å². The Morgan fingerprint density at radius 3 is 3.45 bits per heavy atom. The van der Waals surface area contributed by atoms with Gasteiger partial charge in [-0.1, -0.05) is 0 Å². The molecule has 0 aromatic carbocycles. The highest BCUT2D eigenvalue weighted by molar-refractivity contribution is 5.18. The molecule has 0 spiro atoms. The Balaban J connectivity index is 2.38. The molecule has 0 radical (unpaired) electrons. The molecule has 0 saturated carbocycles. The van der Waals surface area contributed by atoms with Crippen LogP contribution in [0.15, 0.2) is 6.20 Å². The first-order valence-electron chi connectivity index (χ1n) is 3.86. The monoisotopic (exact) mass is 152 g/mol. The van der Waals surface area contributed by atoms with E-state index in [4.69, 9.17) is 5.73 Å². The molecule has 0 amide bonds. The molecule has 1 aromatic heterocycles. The molecule has 1 aliphatic heterocycles. The summed E-state index contributed by atoms with van der Waals surface area (Å²) in [5.41, 5.74) is 7.95. The standard InChI is InChI=1S/C7H12N4/c8-3-6-4-10-11-2-1-9-5-7(6)11/h4,9H,1-3,5,8H2. The van der Waals surface area contributed by atoms with Crippen molar-refractivity contribution in [2.45, 2.75) is 19.6 Å². The summed E-state index contributed by atoms with van der Waals surface area (Å²) < 4.78 is 2.03. The van der Waals surface area contributed by atoms with Gasteiger partial charge in [-0.2, -0.15) is 5.10 Å². The summed E-state index contributed by atoms with van der Waals surface area (Å²) in [6.07, 6.45) is 1.86. The first-order valence-corrected chi connectivity index (χ1v) is 3.86. The van der Waals surface area contributed by atoms with Crippen molar-refractivity contribution in [3.8, 4) is 0 Å². The predicted molar refractivity (Wildman–Crippen MR) is 41.8 cm³/mol. The van der Waals surface area contributed by atoms with Gasteiger partial charge in [0.15, 0.2) is 0 Å². The van der Waals surface area contributed by atoms with E-state index in [1.54, 1.807) is 0 Å². The van der Waals surface area contributed by atoms with Crippen molar-refractivity contribution in [1.82, 2.24) is 15.1 Å². The molecule has 0 aliphatic carbocycles. The van der Waals surface area contributed by atoms with E-state index in [-0.39, 0.29) is 0 Å². The number of nitrogens with zero attached hydrogens (tertiary/aromatic N) is 2. The zero-order valence-electron chi connectivity index (χ0n) is 6.38. The molecule has 4 nitrogen and oxygen atoms in total. The van der Waals surface area contributed by atoms with E-state index in [0.29, 0.717) is 6.54 Å². The number of hydrogen-bond donors (Lipinski definition) is 2. The quantitative estimate of drug-likeness (QED) is 0.567. The highest BCUT2D eigenvalue weighted by atomic mass is 15.3. The van der Waals surface area contributed by atoms with Crippen molar-refractivity contribution in [3.05, 3.63) is 17.5 Å². The second-order valence-electron chi connectivity index (χ2n) is 2.72. The lowest BCUT2D eigenvalue weighted by Crippen LogP contribution is -2.29. The van der Waals surface area contributed by atoms with Crippen LogP contribution in [0.25, 0.3) is 0 Å². The zero-order chi connectivity index (χ0) is 7.68. The van der Waals surface area contributed by atoms with Gasteiger partial charge >= 0.3 is 0 Å². The summed E-state index contributed by atoms with van der Waals surface area (Å²) in [4.78, 5) is 0. The number of fused-ring (bicyclic) bond motifs is 1. The molecule has 2 rings (SSSR count). The lowest BCUT2D eigenvalue weighted by molar-refractivity contribution is 0.473. The fourth-order valence-corrected chi connectivity index (χ4v) is 1.41. The first kappa shape index (κ1) is 6.82. The first-order chi connectivity index (χ1) is 5.42. The summed E-state index contributed by atoms with van der Waals surface area (Å²) in [5, 5.41) is 7.51. The Bertz CT molecular complexity index is 239. The van der Waals surface area contributed by atoms with E-state index < -0.39 is 0 Å². The van der Waals surface area contributed by atoms with E-state index in [1.165, 1.54) is 5.69 Å². The van der Waals surface area contributed by atoms with Gasteiger partial charge in [-0.15, -0.1) is 0 Å². The van der Waals surface area contributed by atoms with Crippen LogP contribution in [0.5, 0.6) is 0 Å². The molecule has 0 unspecified atom stereocenters. The maximum Gasteiger partial charge on any atom is 0.0567 e. The van der Waals surface area contributed by atoms with Crippen molar-refractivity contribution in [2.24, 2.45) is 5.73 Å². The van der Waals surface area contributed by atoms with Crippen LogP contribution in [0.2, 0.25) is 0 Å². The molecule has 3 N–H and O–H groups in total. The van der Waals surface area contributed by atoms with Crippen molar-refractivity contribution >= 4 is 0 Å². The summed E-state index contributed by atoms with van der Waals surface area (Å²) in [6.45, 7) is 3.48. The van der Waals surface area contributed by atoms with Gasteiger partial charge in [-0.25, -0.2) is 0 Å². The Morgan fingerprint density at radius 2 is 2.64 bits per heavy atom. The minimum atomic E-state index is 0.594. The van der Waals surface area contributed by atoms with E-state index in [1.807, 2.05) is 10.9 Å².